The number of hydrogen-bond acceptors (Lipinski definition) is 3. The molecule has 0 saturated heterocycles. The van der Waals surface area contributed by atoms with Crippen LogP contribution in [0.3, 0.4) is 0 Å². The molecule has 1 amide bonds. The number of carbonyl (C=O) groups excluding carboxylic acids is 1. The molecular weight excluding hydrogens is 268 g/mol. The number of carboxylic acids is 1. The third-order valence-corrected chi connectivity index (χ3v) is 2.61. The molecule has 0 fully saturated rings. The van der Waals surface area contributed by atoms with Gasteiger partial charge in [0, 0.05) is 23.1 Å². The van der Waals surface area contributed by atoms with Gasteiger partial charge in [0.05, 0.1) is 11.1 Å². The molecule has 0 saturated carbocycles. The SMILES string of the molecule is O=C(O)c1cnccc1C(=O)Nc1cccc(Cl)c1. The lowest BCUT2D eigenvalue weighted by Gasteiger charge is -2.07. The molecule has 2 aromatic rings. The summed E-state index contributed by atoms with van der Waals surface area (Å²) in [7, 11) is 0. The molecule has 5 nitrogen and oxygen atoms in total. The van der Waals surface area contributed by atoms with Crippen LogP contribution in [0.5, 0.6) is 0 Å². The van der Waals surface area contributed by atoms with Crippen molar-refractivity contribution in [1.82, 2.24) is 4.98 Å². The minimum atomic E-state index is -1.20. The van der Waals surface area contributed by atoms with Crippen molar-refractivity contribution >= 4 is 29.2 Å². The monoisotopic (exact) mass is 276 g/mol. The highest BCUT2D eigenvalue weighted by Gasteiger charge is 2.16. The first-order chi connectivity index (χ1) is 9.08. The van der Waals surface area contributed by atoms with Gasteiger partial charge in [-0.1, -0.05) is 17.7 Å². The van der Waals surface area contributed by atoms with E-state index in [9.17, 15) is 9.59 Å². The van der Waals surface area contributed by atoms with Crippen LogP contribution in [0.15, 0.2) is 42.7 Å². The molecule has 0 bridgehead atoms. The number of amides is 1. The largest absolute Gasteiger partial charge is 0.478 e. The number of anilines is 1. The van der Waals surface area contributed by atoms with Gasteiger partial charge in [-0.3, -0.25) is 9.78 Å². The van der Waals surface area contributed by atoms with Gasteiger partial charge in [-0.05, 0) is 24.3 Å². The maximum absolute atomic E-state index is 12.0. The van der Waals surface area contributed by atoms with E-state index in [1.165, 1.54) is 12.3 Å². The van der Waals surface area contributed by atoms with Crippen LogP contribution in [0.25, 0.3) is 0 Å². The number of hydrogen-bond donors (Lipinski definition) is 2. The number of carbonyl (C=O) groups is 2. The first kappa shape index (κ1) is 13.0. The van der Waals surface area contributed by atoms with Crippen LogP contribution in [-0.2, 0) is 0 Å². The van der Waals surface area contributed by atoms with Gasteiger partial charge in [0.25, 0.3) is 5.91 Å². The summed E-state index contributed by atoms with van der Waals surface area (Å²) in [6, 6.07) is 7.94. The summed E-state index contributed by atoms with van der Waals surface area (Å²) >= 11 is 5.80. The van der Waals surface area contributed by atoms with Crippen LogP contribution in [0.4, 0.5) is 5.69 Å². The molecule has 0 atom stereocenters. The number of benzene rings is 1. The van der Waals surface area contributed by atoms with Crippen molar-refractivity contribution in [3.63, 3.8) is 0 Å². The van der Waals surface area contributed by atoms with Gasteiger partial charge in [0.2, 0.25) is 0 Å². The second-order valence-corrected chi connectivity index (χ2v) is 4.13. The highest BCUT2D eigenvalue weighted by molar-refractivity contribution is 6.31. The Morgan fingerprint density at radius 3 is 2.68 bits per heavy atom. The zero-order valence-corrected chi connectivity index (χ0v) is 10.4. The van der Waals surface area contributed by atoms with Gasteiger partial charge in [-0.15, -0.1) is 0 Å². The third kappa shape index (κ3) is 3.08. The van der Waals surface area contributed by atoms with Crippen LogP contribution in [0.1, 0.15) is 20.7 Å². The van der Waals surface area contributed by atoms with Gasteiger partial charge in [-0.2, -0.15) is 0 Å². The summed E-state index contributed by atoms with van der Waals surface area (Å²) in [5.74, 6) is -1.73. The highest BCUT2D eigenvalue weighted by atomic mass is 35.5. The summed E-state index contributed by atoms with van der Waals surface area (Å²) in [5.41, 5.74) is 0.384. The Balaban J connectivity index is 2.28. The van der Waals surface area contributed by atoms with Gasteiger partial charge in [0.15, 0.2) is 0 Å². The zero-order valence-electron chi connectivity index (χ0n) is 9.63. The second kappa shape index (κ2) is 5.49. The van der Waals surface area contributed by atoms with E-state index in [0.717, 1.165) is 6.20 Å². The molecule has 0 unspecified atom stereocenters. The van der Waals surface area contributed by atoms with E-state index in [1.807, 2.05) is 0 Å². The fourth-order valence-electron chi connectivity index (χ4n) is 1.53. The minimum Gasteiger partial charge on any atom is -0.478 e. The van der Waals surface area contributed by atoms with Crippen LogP contribution in [-0.4, -0.2) is 22.0 Å². The van der Waals surface area contributed by atoms with Gasteiger partial charge in [0.1, 0.15) is 0 Å². The fraction of sp³-hybridized carbons (Fsp3) is 0. The van der Waals surface area contributed by atoms with E-state index in [0.29, 0.717) is 10.7 Å². The van der Waals surface area contributed by atoms with Crippen molar-refractivity contribution in [2.75, 3.05) is 5.32 Å². The van der Waals surface area contributed by atoms with Gasteiger partial charge < -0.3 is 10.4 Å². The summed E-state index contributed by atoms with van der Waals surface area (Å²) in [6.07, 6.45) is 2.49. The van der Waals surface area contributed by atoms with E-state index < -0.39 is 11.9 Å². The zero-order chi connectivity index (χ0) is 13.8. The smallest absolute Gasteiger partial charge is 0.338 e. The first-order valence-corrected chi connectivity index (χ1v) is 5.70. The number of aromatic carboxylic acids is 1. The molecular formula is C13H9ClN2O3. The molecule has 2 N–H and O–H groups in total. The van der Waals surface area contributed by atoms with Crippen molar-refractivity contribution in [2.24, 2.45) is 0 Å². The average Bonchev–Trinajstić information content (AvgIpc) is 2.38. The lowest BCUT2D eigenvalue weighted by atomic mass is 10.1. The van der Waals surface area contributed by atoms with Crippen molar-refractivity contribution < 1.29 is 14.7 Å². The summed E-state index contributed by atoms with van der Waals surface area (Å²) in [4.78, 5) is 26.7. The first-order valence-electron chi connectivity index (χ1n) is 5.32. The predicted molar refractivity (Wildman–Crippen MR) is 70.6 cm³/mol. The Hall–Kier alpha value is -2.40. The number of halogens is 1. The second-order valence-electron chi connectivity index (χ2n) is 3.69. The number of rotatable bonds is 3. The van der Waals surface area contributed by atoms with E-state index in [4.69, 9.17) is 16.7 Å². The summed E-state index contributed by atoms with van der Waals surface area (Å²) < 4.78 is 0. The number of nitrogens with one attached hydrogen (secondary N) is 1. The lowest BCUT2D eigenvalue weighted by Crippen LogP contribution is -2.16. The van der Waals surface area contributed by atoms with E-state index in [1.54, 1.807) is 24.3 Å². The molecule has 96 valence electrons. The topological polar surface area (TPSA) is 79.3 Å². The molecule has 0 aliphatic carbocycles. The Labute approximate surface area is 113 Å². The third-order valence-electron chi connectivity index (χ3n) is 2.38. The van der Waals surface area contributed by atoms with Crippen LogP contribution in [0, 0.1) is 0 Å². The van der Waals surface area contributed by atoms with Crippen molar-refractivity contribution in [3.8, 4) is 0 Å². The molecule has 19 heavy (non-hydrogen) atoms. The summed E-state index contributed by atoms with van der Waals surface area (Å²) in [6.45, 7) is 0. The fourth-order valence-corrected chi connectivity index (χ4v) is 1.72. The molecule has 0 aliphatic rings. The summed E-state index contributed by atoms with van der Waals surface area (Å²) in [5, 5.41) is 12.0. The molecule has 0 spiro atoms. The Kier molecular flexibility index (Phi) is 3.77. The average molecular weight is 277 g/mol. The molecule has 2 rings (SSSR count). The van der Waals surface area contributed by atoms with Crippen molar-refractivity contribution in [1.29, 1.82) is 0 Å². The van der Waals surface area contributed by atoms with E-state index >= 15 is 0 Å². The molecule has 1 heterocycles. The highest BCUT2D eigenvalue weighted by Crippen LogP contribution is 2.16. The molecule has 6 heteroatoms. The maximum Gasteiger partial charge on any atom is 0.338 e. The molecule has 1 aromatic carbocycles. The Morgan fingerprint density at radius 2 is 2.00 bits per heavy atom. The standard InChI is InChI=1S/C13H9ClN2O3/c14-8-2-1-3-9(6-8)16-12(17)10-4-5-15-7-11(10)13(18)19/h1-7H,(H,16,17)(H,18,19). The van der Waals surface area contributed by atoms with E-state index in [2.05, 4.69) is 10.3 Å². The minimum absolute atomic E-state index is 0.0440. The van der Waals surface area contributed by atoms with Crippen molar-refractivity contribution in [2.45, 2.75) is 0 Å². The van der Waals surface area contributed by atoms with Crippen LogP contribution in [0.2, 0.25) is 5.02 Å². The number of aromatic nitrogens is 1. The van der Waals surface area contributed by atoms with Crippen LogP contribution >= 0.6 is 11.6 Å². The molecule has 0 aliphatic heterocycles. The molecule has 0 radical (unpaired) electrons. The maximum atomic E-state index is 12.0. The van der Waals surface area contributed by atoms with Gasteiger partial charge in [-0.25, -0.2) is 4.79 Å². The number of carboxylic acid groups (broad SMARTS) is 1. The molecule has 1 aromatic heterocycles. The van der Waals surface area contributed by atoms with Crippen LogP contribution < -0.4 is 5.32 Å². The number of nitrogens with zero attached hydrogens (tertiary/aromatic N) is 1. The lowest BCUT2D eigenvalue weighted by molar-refractivity contribution is 0.0692. The quantitative estimate of drug-likeness (QED) is 0.903. The van der Waals surface area contributed by atoms with E-state index in [-0.39, 0.29) is 11.1 Å². The number of pyridine rings is 1. The predicted octanol–water partition coefficient (Wildman–Crippen LogP) is 2.69. The van der Waals surface area contributed by atoms with Gasteiger partial charge >= 0.3 is 5.97 Å². The van der Waals surface area contributed by atoms with Crippen molar-refractivity contribution in [3.05, 3.63) is 58.9 Å². The Bertz CT molecular complexity index is 643. The normalized spacial score (nSPS) is 9.95. The Morgan fingerprint density at radius 1 is 1.21 bits per heavy atom.